The standard InChI is InChI=1S/C34H40N2O8/c1-21-30(19-36-14-13-24-16-28(41-2)29(42-3)17-26(24)18-36)43-34(44-33(21)23-9-7-22(20-37)8-10-23)25-5-4-6-27(15-25)35-31(38)11-12-32(39)40/h4-10,15-17,21,30,33-34,37H,11-14,18-20H2,1-3H3,(H,35,38)(H,39,40)/t21-,30+,33+,34+/m1/s1. The van der Waals surface area contributed by atoms with Crippen molar-refractivity contribution in [2.24, 2.45) is 5.92 Å². The first-order valence-corrected chi connectivity index (χ1v) is 14.9. The molecule has 0 spiro atoms. The van der Waals surface area contributed by atoms with E-state index in [0.29, 0.717) is 18.0 Å². The Morgan fingerprint density at radius 3 is 2.36 bits per heavy atom. The number of anilines is 1. The number of nitrogens with one attached hydrogen (secondary N) is 1. The number of carbonyl (C=O) groups excluding carboxylic acids is 1. The summed E-state index contributed by atoms with van der Waals surface area (Å²) in [6, 6.07) is 19.2. The van der Waals surface area contributed by atoms with Crippen LogP contribution in [0.2, 0.25) is 0 Å². The number of carboxylic acid groups (broad SMARTS) is 1. The van der Waals surface area contributed by atoms with Gasteiger partial charge in [-0.2, -0.15) is 0 Å². The van der Waals surface area contributed by atoms with E-state index in [1.165, 1.54) is 11.1 Å². The molecule has 3 aromatic rings. The third kappa shape index (κ3) is 7.39. The molecular weight excluding hydrogens is 564 g/mol. The SMILES string of the molecule is COc1cc2c(cc1OC)CN(C[C@@H]1O[C@H](c3cccc(NC(=O)CCC(=O)O)c3)O[C@H](c3ccc(CO)cc3)[C@@H]1C)CC2. The number of aliphatic hydroxyl groups is 1. The number of aliphatic hydroxyl groups excluding tert-OH is 1. The zero-order chi connectivity index (χ0) is 31.2. The molecule has 44 heavy (non-hydrogen) atoms. The maximum atomic E-state index is 12.3. The fourth-order valence-electron chi connectivity index (χ4n) is 5.89. The molecule has 0 bridgehead atoms. The molecule has 3 N–H and O–H groups in total. The number of carbonyl (C=O) groups is 2. The molecule has 1 amide bonds. The van der Waals surface area contributed by atoms with Gasteiger partial charge in [-0.3, -0.25) is 14.5 Å². The van der Waals surface area contributed by atoms with Gasteiger partial charge in [0, 0.05) is 43.2 Å². The fourth-order valence-corrected chi connectivity index (χ4v) is 5.89. The summed E-state index contributed by atoms with van der Waals surface area (Å²) < 4.78 is 24.3. The number of nitrogens with zero attached hydrogens (tertiary/aromatic N) is 1. The Hall–Kier alpha value is -3.96. The molecule has 10 nitrogen and oxygen atoms in total. The van der Waals surface area contributed by atoms with E-state index < -0.39 is 12.3 Å². The third-order valence-corrected chi connectivity index (χ3v) is 8.37. The van der Waals surface area contributed by atoms with Gasteiger partial charge in [0.05, 0.1) is 39.5 Å². The van der Waals surface area contributed by atoms with Crippen molar-refractivity contribution < 1.29 is 38.7 Å². The Morgan fingerprint density at radius 1 is 0.955 bits per heavy atom. The molecule has 1 fully saturated rings. The minimum absolute atomic E-state index is 0.0110. The van der Waals surface area contributed by atoms with Gasteiger partial charge >= 0.3 is 5.97 Å². The van der Waals surface area contributed by atoms with Crippen molar-refractivity contribution in [3.05, 3.63) is 88.5 Å². The molecule has 2 heterocycles. The minimum Gasteiger partial charge on any atom is -0.493 e. The van der Waals surface area contributed by atoms with E-state index in [4.69, 9.17) is 24.1 Å². The molecule has 4 atom stereocenters. The maximum absolute atomic E-state index is 12.3. The zero-order valence-electron chi connectivity index (χ0n) is 25.3. The summed E-state index contributed by atoms with van der Waals surface area (Å²) in [6.45, 7) is 4.41. The van der Waals surface area contributed by atoms with E-state index in [1.54, 1.807) is 26.4 Å². The van der Waals surface area contributed by atoms with Gasteiger partial charge < -0.3 is 34.5 Å². The Morgan fingerprint density at radius 2 is 1.68 bits per heavy atom. The quantitative estimate of drug-likeness (QED) is 0.282. The topological polar surface area (TPSA) is 127 Å². The predicted octanol–water partition coefficient (Wildman–Crippen LogP) is 4.85. The number of aliphatic carboxylic acids is 1. The highest BCUT2D eigenvalue weighted by Gasteiger charge is 2.39. The van der Waals surface area contributed by atoms with Crippen molar-refractivity contribution in [1.29, 1.82) is 0 Å². The van der Waals surface area contributed by atoms with Crippen LogP contribution in [0.5, 0.6) is 11.5 Å². The second-order valence-electron chi connectivity index (χ2n) is 11.4. The number of hydrogen-bond donors (Lipinski definition) is 3. The molecule has 0 aromatic heterocycles. The zero-order valence-corrected chi connectivity index (χ0v) is 25.3. The van der Waals surface area contributed by atoms with E-state index >= 15 is 0 Å². The van der Waals surface area contributed by atoms with Gasteiger partial charge in [-0.25, -0.2) is 0 Å². The van der Waals surface area contributed by atoms with Crippen LogP contribution >= 0.6 is 0 Å². The summed E-state index contributed by atoms with van der Waals surface area (Å²) in [5, 5.41) is 21.2. The van der Waals surface area contributed by atoms with E-state index in [0.717, 1.165) is 42.0 Å². The molecule has 0 aliphatic carbocycles. The number of carboxylic acids is 1. The van der Waals surface area contributed by atoms with Crippen LogP contribution < -0.4 is 14.8 Å². The Labute approximate surface area is 257 Å². The molecule has 0 radical (unpaired) electrons. The third-order valence-electron chi connectivity index (χ3n) is 8.37. The van der Waals surface area contributed by atoms with Gasteiger partial charge in [-0.05, 0) is 52.9 Å². The van der Waals surface area contributed by atoms with Crippen LogP contribution in [0.1, 0.15) is 60.0 Å². The Kier molecular flexibility index (Phi) is 10.2. The summed E-state index contributed by atoms with van der Waals surface area (Å²) in [4.78, 5) is 25.6. The first-order chi connectivity index (χ1) is 21.3. The lowest BCUT2D eigenvalue weighted by atomic mass is 9.89. The van der Waals surface area contributed by atoms with Gasteiger partial charge in [-0.1, -0.05) is 43.3 Å². The Bertz CT molecular complexity index is 1460. The minimum atomic E-state index is -1.02. The van der Waals surface area contributed by atoms with Crippen molar-refractivity contribution in [1.82, 2.24) is 4.90 Å². The Balaban J connectivity index is 1.37. The highest BCUT2D eigenvalue weighted by Crippen LogP contribution is 2.43. The molecule has 1 saturated heterocycles. The summed E-state index contributed by atoms with van der Waals surface area (Å²) in [7, 11) is 3.29. The molecule has 2 aliphatic rings. The monoisotopic (exact) mass is 604 g/mol. The van der Waals surface area contributed by atoms with Gasteiger partial charge in [0.15, 0.2) is 17.8 Å². The number of amides is 1. The molecule has 2 aliphatic heterocycles. The first kappa shape index (κ1) is 31.5. The van der Waals surface area contributed by atoms with Crippen LogP contribution in [-0.2, 0) is 38.6 Å². The second-order valence-corrected chi connectivity index (χ2v) is 11.4. The number of benzene rings is 3. The number of ether oxygens (including phenoxy) is 4. The van der Waals surface area contributed by atoms with Gasteiger partial charge in [0.1, 0.15) is 0 Å². The molecule has 10 heteroatoms. The molecule has 0 saturated carbocycles. The van der Waals surface area contributed by atoms with Crippen LogP contribution in [0.25, 0.3) is 0 Å². The molecule has 5 rings (SSSR count). The van der Waals surface area contributed by atoms with Crippen molar-refractivity contribution in [2.45, 2.75) is 57.8 Å². The number of hydrogen-bond acceptors (Lipinski definition) is 8. The summed E-state index contributed by atoms with van der Waals surface area (Å²) in [5.74, 6) is 0.0663. The highest BCUT2D eigenvalue weighted by atomic mass is 16.7. The smallest absolute Gasteiger partial charge is 0.303 e. The van der Waals surface area contributed by atoms with E-state index in [-0.39, 0.29) is 43.5 Å². The fraction of sp³-hybridized carbons (Fsp3) is 0.412. The van der Waals surface area contributed by atoms with Gasteiger partial charge in [-0.15, -0.1) is 0 Å². The maximum Gasteiger partial charge on any atom is 0.303 e. The van der Waals surface area contributed by atoms with Crippen molar-refractivity contribution in [2.75, 3.05) is 32.6 Å². The van der Waals surface area contributed by atoms with Crippen molar-refractivity contribution in [3.8, 4) is 11.5 Å². The second kappa shape index (κ2) is 14.2. The lowest BCUT2D eigenvalue weighted by molar-refractivity contribution is -0.276. The average Bonchev–Trinajstić information content (AvgIpc) is 3.04. The normalized spacial score (nSPS) is 21.7. The van der Waals surface area contributed by atoms with Gasteiger partial charge in [0.25, 0.3) is 0 Å². The van der Waals surface area contributed by atoms with E-state index in [9.17, 15) is 14.7 Å². The first-order valence-electron chi connectivity index (χ1n) is 14.9. The number of rotatable bonds is 11. The van der Waals surface area contributed by atoms with E-state index in [1.807, 2.05) is 36.4 Å². The number of fused-ring (bicyclic) bond motifs is 1. The highest BCUT2D eigenvalue weighted by molar-refractivity contribution is 5.92. The lowest BCUT2D eigenvalue weighted by Crippen LogP contribution is -2.45. The largest absolute Gasteiger partial charge is 0.493 e. The van der Waals surface area contributed by atoms with Crippen LogP contribution in [0.3, 0.4) is 0 Å². The molecule has 0 unspecified atom stereocenters. The average molecular weight is 605 g/mol. The van der Waals surface area contributed by atoms with Crippen molar-refractivity contribution >= 4 is 17.6 Å². The van der Waals surface area contributed by atoms with Crippen LogP contribution in [0.15, 0.2) is 60.7 Å². The van der Waals surface area contributed by atoms with Crippen LogP contribution in [0.4, 0.5) is 5.69 Å². The van der Waals surface area contributed by atoms with Crippen molar-refractivity contribution in [3.63, 3.8) is 0 Å². The van der Waals surface area contributed by atoms with Crippen LogP contribution in [0, 0.1) is 5.92 Å². The summed E-state index contributed by atoms with van der Waals surface area (Å²) in [5.41, 5.74) is 5.56. The van der Waals surface area contributed by atoms with Gasteiger partial charge in [0.2, 0.25) is 5.91 Å². The molecule has 234 valence electrons. The lowest BCUT2D eigenvalue weighted by Gasteiger charge is -2.43. The number of methoxy groups -OCH3 is 2. The predicted molar refractivity (Wildman–Crippen MR) is 163 cm³/mol. The summed E-state index contributed by atoms with van der Waals surface area (Å²) >= 11 is 0. The van der Waals surface area contributed by atoms with E-state index in [2.05, 4.69) is 29.3 Å². The molecular formula is C34H40N2O8. The molecule has 3 aromatic carbocycles. The summed E-state index contributed by atoms with van der Waals surface area (Å²) in [6.07, 6.45) is -0.617. The van der Waals surface area contributed by atoms with Crippen LogP contribution in [-0.4, -0.2) is 60.4 Å².